The minimum absolute atomic E-state index is 0.0155. The third-order valence-corrected chi connectivity index (χ3v) is 10.9. The van der Waals surface area contributed by atoms with Crippen LogP contribution in [-0.2, 0) is 9.68 Å². The van der Waals surface area contributed by atoms with Crippen molar-refractivity contribution in [1.82, 2.24) is 15.0 Å². The van der Waals surface area contributed by atoms with Gasteiger partial charge in [0.1, 0.15) is 0 Å². The summed E-state index contributed by atoms with van der Waals surface area (Å²) in [7, 11) is 0. The molecule has 6 heteroatoms. The topological polar surface area (TPSA) is 54.2 Å². The van der Waals surface area contributed by atoms with E-state index in [1.165, 1.54) is 90.0 Å². The van der Waals surface area contributed by atoms with Crippen molar-refractivity contribution in [2.45, 2.75) is 232 Å². The van der Waals surface area contributed by atoms with Gasteiger partial charge in [-0.3, -0.25) is 14.6 Å². The van der Waals surface area contributed by atoms with Crippen molar-refractivity contribution in [2.75, 3.05) is 26.3 Å². The highest BCUT2D eigenvalue weighted by atomic mass is 16.7. The zero-order chi connectivity index (χ0) is 34.3. The molecule has 274 valence electrons. The molecule has 0 radical (unpaired) electrons. The molecule has 46 heavy (non-hydrogen) atoms. The summed E-state index contributed by atoms with van der Waals surface area (Å²) < 4.78 is 0. The molecule has 2 heterocycles. The van der Waals surface area contributed by atoms with Gasteiger partial charge in [-0.15, -0.1) is 0 Å². The second-order valence-corrected chi connectivity index (χ2v) is 17.6. The Morgan fingerprint density at radius 2 is 0.826 bits per heavy atom. The third kappa shape index (κ3) is 13.6. The molecule has 2 fully saturated rings. The molecule has 0 amide bonds. The van der Waals surface area contributed by atoms with Crippen molar-refractivity contribution in [3.8, 4) is 0 Å². The average molecular weight is 651 g/mol. The van der Waals surface area contributed by atoms with Crippen molar-refractivity contribution in [3.05, 3.63) is 0 Å². The van der Waals surface area contributed by atoms with Crippen LogP contribution in [0.15, 0.2) is 0 Å². The van der Waals surface area contributed by atoms with Crippen LogP contribution >= 0.6 is 0 Å². The number of hydrogen-bond donors (Lipinski definition) is 1. The third-order valence-electron chi connectivity index (χ3n) is 10.9. The highest BCUT2D eigenvalue weighted by Crippen LogP contribution is 2.45. The van der Waals surface area contributed by atoms with Crippen LogP contribution in [0.5, 0.6) is 0 Å². The molecule has 0 aliphatic carbocycles. The largest absolute Gasteiger partial charge is 0.330 e. The fourth-order valence-corrected chi connectivity index (χ4v) is 9.12. The number of piperidine rings is 2. The number of rotatable bonds is 24. The highest BCUT2D eigenvalue weighted by Gasteiger charge is 2.52. The van der Waals surface area contributed by atoms with Crippen molar-refractivity contribution in [3.63, 3.8) is 0 Å². The van der Waals surface area contributed by atoms with Gasteiger partial charge in [0.15, 0.2) is 0 Å². The van der Waals surface area contributed by atoms with Crippen molar-refractivity contribution in [2.24, 2.45) is 5.73 Å². The maximum absolute atomic E-state index is 6.65. The SMILES string of the molecule is CCCCCCCCON1C(C)(C)CC(N(CCCCCCN)C2CC(C)(C)N(OCCCCCCCC)C(C)(C)C2)CC1(C)C. The van der Waals surface area contributed by atoms with Gasteiger partial charge >= 0.3 is 0 Å². The summed E-state index contributed by atoms with van der Waals surface area (Å²) in [4.78, 5) is 16.3. The highest BCUT2D eigenvalue weighted by molar-refractivity contribution is 5.05. The van der Waals surface area contributed by atoms with Crippen LogP contribution in [0.1, 0.15) is 198 Å². The van der Waals surface area contributed by atoms with Crippen LogP contribution in [0.3, 0.4) is 0 Å². The Bertz CT molecular complexity index is 704. The van der Waals surface area contributed by atoms with Gasteiger partial charge in [0.2, 0.25) is 0 Å². The van der Waals surface area contributed by atoms with E-state index in [0.717, 1.165) is 64.7 Å². The van der Waals surface area contributed by atoms with Crippen LogP contribution in [0.25, 0.3) is 0 Å². The fourth-order valence-electron chi connectivity index (χ4n) is 9.12. The molecule has 2 saturated heterocycles. The quantitative estimate of drug-likeness (QED) is 0.105. The smallest absolute Gasteiger partial charge is 0.0685 e. The number of nitrogens with zero attached hydrogens (tertiary/aromatic N) is 3. The summed E-state index contributed by atoms with van der Waals surface area (Å²) in [6.45, 7) is 27.6. The molecule has 0 atom stereocenters. The first-order valence-electron chi connectivity index (χ1n) is 20.0. The number of nitrogens with two attached hydrogens (primary N) is 1. The molecule has 0 saturated carbocycles. The van der Waals surface area contributed by atoms with Crippen molar-refractivity contribution < 1.29 is 9.68 Å². The van der Waals surface area contributed by atoms with E-state index in [4.69, 9.17) is 15.4 Å². The van der Waals surface area contributed by atoms with Gasteiger partial charge < -0.3 is 5.73 Å². The lowest BCUT2D eigenvalue weighted by molar-refractivity contribution is -0.299. The normalized spacial score (nSPS) is 22.2. The second-order valence-electron chi connectivity index (χ2n) is 17.6. The van der Waals surface area contributed by atoms with Gasteiger partial charge in [-0.25, -0.2) is 0 Å². The Labute approximate surface area is 288 Å². The monoisotopic (exact) mass is 651 g/mol. The van der Waals surface area contributed by atoms with Gasteiger partial charge in [0, 0.05) is 34.2 Å². The molecule has 0 aromatic rings. The van der Waals surface area contributed by atoms with Gasteiger partial charge in [-0.05, 0) is 120 Å². The maximum atomic E-state index is 6.65. The molecule has 0 bridgehead atoms. The maximum Gasteiger partial charge on any atom is 0.0685 e. The molecule has 0 aromatic carbocycles. The summed E-state index contributed by atoms with van der Waals surface area (Å²) in [6, 6.07) is 1.08. The Hall–Kier alpha value is -0.240. The lowest BCUT2D eigenvalue weighted by Crippen LogP contribution is -2.68. The van der Waals surface area contributed by atoms with E-state index in [2.05, 4.69) is 84.3 Å². The molecule has 2 rings (SSSR count). The minimum Gasteiger partial charge on any atom is -0.330 e. The number of unbranched alkanes of at least 4 members (excludes halogenated alkanes) is 13. The van der Waals surface area contributed by atoms with E-state index < -0.39 is 0 Å². The summed E-state index contributed by atoms with van der Waals surface area (Å²) in [5.74, 6) is 0. The van der Waals surface area contributed by atoms with Gasteiger partial charge in [-0.1, -0.05) is 90.9 Å². The van der Waals surface area contributed by atoms with Crippen LogP contribution in [0.4, 0.5) is 0 Å². The molecule has 0 aromatic heterocycles. The van der Waals surface area contributed by atoms with E-state index in [1.807, 2.05) is 0 Å². The van der Waals surface area contributed by atoms with Crippen molar-refractivity contribution in [1.29, 1.82) is 0 Å². The van der Waals surface area contributed by atoms with Crippen LogP contribution < -0.4 is 5.73 Å². The summed E-state index contributed by atoms with van der Waals surface area (Å²) >= 11 is 0. The second kappa shape index (κ2) is 20.4. The van der Waals surface area contributed by atoms with E-state index in [9.17, 15) is 0 Å². The Morgan fingerprint density at radius 1 is 0.500 bits per heavy atom. The fraction of sp³-hybridized carbons (Fsp3) is 1.00. The zero-order valence-electron chi connectivity index (χ0n) is 32.9. The van der Waals surface area contributed by atoms with Gasteiger partial charge in [0.05, 0.1) is 13.2 Å². The predicted molar refractivity (Wildman–Crippen MR) is 199 cm³/mol. The molecule has 2 aliphatic rings. The number of hydrogen-bond acceptors (Lipinski definition) is 6. The summed E-state index contributed by atoms with van der Waals surface area (Å²) in [5, 5.41) is 4.79. The first-order chi connectivity index (χ1) is 21.7. The van der Waals surface area contributed by atoms with Crippen LogP contribution in [-0.4, -0.2) is 75.6 Å². The first kappa shape index (κ1) is 41.9. The van der Waals surface area contributed by atoms with Crippen molar-refractivity contribution >= 4 is 0 Å². The van der Waals surface area contributed by atoms with E-state index >= 15 is 0 Å². The lowest BCUT2D eigenvalue weighted by Gasteiger charge is -2.60. The Balaban J connectivity index is 2.13. The minimum atomic E-state index is -0.0155. The first-order valence-corrected chi connectivity index (χ1v) is 20.0. The molecular weight excluding hydrogens is 568 g/mol. The molecule has 2 N–H and O–H groups in total. The molecule has 0 spiro atoms. The standard InChI is InChI=1S/C40H82N4O2/c1-11-13-15-17-21-25-29-45-43-37(3,4)31-35(32-38(43,5)6)42(28-24-20-19-23-27-41)36-33-39(7,8)44(40(9,10)34-36)46-30-26-22-18-16-14-12-2/h35-36H,11-34,41H2,1-10H3. The van der Waals surface area contributed by atoms with Crippen LogP contribution in [0, 0.1) is 0 Å². The van der Waals surface area contributed by atoms with Gasteiger partial charge in [0.25, 0.3) is 0 Å². The Kier molecular flexibility index (Phi) is 18.6. The van der Waals surface area contributed by atoms with E-state index in [-0.39, 0.29) is 22.2 Å². The zero-order valence-corrected chi connectivity index (χ0v) is 32.9. The average Bonchev–Trinajstić information content (AvgIpc) is 2.95. The lowest BCUT2D eigenvalue weighted by atomic mass is 9.74. The van der Waals surface area contributed by atoms with E-state index in [0.29, 0.717) is 12.1 Å². The summed E-state index contributed by atoms with van der Waals surface area (Å²) in [5.41, 5.74) is 5.79. The van der Waals surface area contributed by atoms with Crippen LogP contribution in [0.2, 0.25) is 0 Å². The Morgan fingerprint density at radius 3 is 1.20 bits per heavy atom. The van der Waals surface area contributed by atoms with E-state index in [1.54, 1.807) is 0 Å². The van der Waals surface area contributed by atoms with Gasteiger partial charge in [-0.2, -0.15) is 10.1 Å². The molecule has 6 nitrogen and oxygen atoms in total. The number of hydroxylamine groups is 4. The molecular formula is C40H82N4O2. The summed E-state index contributed by atoms with van der Waals surface area (Å²) in [6.07, 6.45) is 25.1. The predicted octanol–water partition coefficient (Wildman–Crippen LogP) is 10.4. The molecule has 2 aliphatic heterocycles. The molecule has 0 unspecified atom stereocenters.